The van der Waals surface area contributed by atoms with Crippen LogP contribution in [0.15, 0.2) is 12.1 Å². The summed E-state index contributed by atoms with van der Waals surface area (Å²) in [6.45, 7) is 2.13. The Kier molecular flexibility index (Phi) is 5.09. The topological polar surface area (TPSA) is 62.3 Å². The molecule has 0 radical (unpaired) electrons. The first kappa shape index (κ1) is 14.4. The van der Waals surface area contributed by atoms with Gasteiger partial charge in [-0.1, -0.05) is 11.6 Å². The molecule has 1 aromatic rings. The summed E-state index contributed by atoms with van der Waals surface area (Å²) in [6, 6.07) is 3.19. The van der Waals surface area contributed by atoms with E-state index in [-0.39, 0.29) is 23.4 Å². The zero-order valence-corrected chi connectivity index (χ0v) is 11.4. The van der Waals surface area contributed by atoms with Gasteiger partial charge in [0.15, 0.2) is 0 Å². The number of aromatic nitrogens is 1. The Morgan fingerprint density at radius 3 is 2.67 bits per heavy atom. The second kappa shape index (κ2) is 6.35. The van der Waals surface area contributed by atoms with Gasteiger partial charge in [-0.3, -0.25) is 9.59 Å². The number of nitrogens with one attached hydrogen (secondary N) is 1. The fourth-order valence-corrected chi connectivity index (χ4v) is 1.72. The minimum Gasteiger partial charge on any atom is -0.359 e. The minimum atomic E-state index is -0.175. The summed E-state index contributed by atoms with van der Waals surface area (Å²) in [5, 5.41) is 2.80. The van der Waals surface area contributed by atoms with Gasteiger partial charge in [-0.25, -0.2) is 4.98 Å². The van der Waals surface area contributed by atoms with Crippen LogP contribution in [0, 0.1) is 6.92 Å². The molecule has 1 N–H and O–H groups in total. The predicted molar refractivity (Wildman–Crippen MR) is 69.6 cm³/mol. The van der Waals surface area contributed by atoms with E-state index in [1.54, 1.807) is 27.1 Å². The fraction of sp³-hybridized carbons (Fsp3) is 0.417. The summed E-state index contributed by atoms with van der Waals surface area (Å²) >= 11 is 5.80. The molecule has 5 nitrogen and oxygen atoms in total. The highest BCUT2D eigenvalue weighted by Gasteiger charge is 2.14. The second-order valence-electron chi connectivity index (χ2n) is 3.97. The van der Waals surface area contributed by atoms with Gasteiger partial charge in [0.25, 0.3) is 5.91 Å². The fourth-order valence-electron chi connectivity index (χ4n) is 1.47. The van der Waals surface area contributed by atoms with Crippen LogP contribution >= 0.6 is 11.6 Å². The van der Waals surface area contributed by atoms with Crippen LogP contribution in [0.3, 0.4) is 0 Å². The Bertz CT molecular complexity index is 442. The molecule has 0 aliphatic carbocycles. The van der Waals surface area contributed by atoms with E-state index in [9.17, 15) is 9.59 Å². The van der Waals surface area contributed by atoms with Crippen molar-refractivity contribution in [2.24, 2.45) is 0 Å². The van der Waals surface area contributed by atoms with E-state index in [1.165, 1.54) is 11.0 Å². The predicted octanol–water partition coefficient (Wildman–Crippen LogP) is 1.25. The van der Waals surface area contributed by atoms with Crippen LogP contribution in [0.2, 0.25) is 5.15 Å². The van der Waals surface area contributed by atoms with E-state index in [0.29, 0.717) is 17.8 Å². The standard InChI is InChI=1S/C12H16ClN3O2/c1-8-6-9(7-10(13)15-8)12(18)16(3)5-4-11(17)14-2/h6-7H,4-5H2,1-3H3,(H,14,17). The second-order valence-corrected chi connectivity index (χ2v) is 4.36. The monoisotopic (exact) mass is 269 g/mol. The average molecular weight is 270 g/mol. The number of pyridine rings is 1. The van der Waals surface area contributed by atoms with E-state index in [0.717, 1.165) is 0 Å². The van der Waals surface area contributed by atoms with Crippen LogP contribution < -0.4 is 5.32 Å². The van der Waals surface area contributed by atoms with E-state index < -0.39 is 0 Å². The zero-order valence-electron chi connectivity index (χ0n) is 10.7. The highest BCUT2D eigenvalue weighted by Crippen LogP contribution is 2.12. The van der Waals surface area contributed by atoms with Gasteiger partial charge >= 0.3 is 0 Å². The van der Waals surface area contributed by atoms with Crippen LogP contribution in [-0.4, -0.2) is 42.3 Å². The molecule has 1 rings (SSSR count). The Morgan fingerprint density at radius 1 is 1.44 bits per heavy atom. The van der Waals surface area contributed by atoms with Crippen molar-refractivity contribution in [3.63, 3.8) is 0 Å². The Labute approximate surface area is 111 Å². The molecule has 0 aliphatic heterocycles. The first-order valence-electron chi connectivity index (χ1n) is 5.54. The van der Waals surface area contributed by atoms with Gasteiger partial charge in [-0.2, -0.15) is 0 Å². The molecule has 18 heavy (non-hydrogen) atoms. The third-order valence-corrected chi connectivity index (χ3v) is 2.66. The van der Waals surface area contributed by atoms with Crippen LogP contribution in [0.4, 0.5) is 0 Å². The number of carbonyl (C=O) groups excluding carboxylic acids is 2. The lowest BCUT2D eigenvalue weighted by atomic mass is 10.2. The number of aryl methyl sites for hydroxylation is 1. The molecule has 0 atom stereocenters. The summed E-state index contributed by atoms with van der Waals surface area (Å²) < 4.78 is 0. The maximum absolute atomic E-state index is 12.1. The van der Waals surface area contributed by atoms with Gasteiger partial charge in [-0.05, 0) is 19.1 Å². The molecule has 0 spiro atoms. The lowest BCUT2D eigenvalue weighted by Gasteiger charge is -2.17. The summed E-state index contributed by atoms with van der Waals surface area (Å²) in [4.78, 5) is 28.6. The van der Waals surface area contributed by atoms with E-state index in [4.69, 9.17) is 11.6 Å². The number of nitrogens with zero attached hydrogens (tertiary/aromatic N) is 2. The highest BCUT2D eigenvalue weighted by atomic mass is 35.5. The molecule has 6 heteroatoms. The number of amides is 2. The van der Waals surface area contributed by atoms with E-state index in [2.05, 4.69) is 10.3 Å². The molecule has 0 saturated heterocycles. The third-order valence-electron chi connectivity index (χ3n) is 2.47. The normalized spacial score (nSPS) is 10.0. The largest absolute Gasteiger partial charge is 0.359 e. The van der Waals surface area contributed by atoms with Crippen LogP contribution in [0.5, 0.6) is 0 Å². The Hall–Kier alpha value is -1.62. The maximum atomic E-state index is 12.1. The smallest absolute Gasteiger partial charge is 0.253 e. The number of hydrogen-bond acceptors (Lipinski definition) is 3. The minimum absolute atomic E-state index is 0.0985. The number of halogens is 1. The number of rotatable bonds is 4. The molecule has 0 saturated carbocycles. The highest BCUT2D eigenvalue weighted by molar-refractivity contribution is 6.29. The molecule has 0 fully saturated rings. The van der Waals surface area contributed by atoms with Crippen molar-refractivity contribution in [2.75, 3.05) is 20.6 Å². The number of carbonyl (C=O) groups is 2. The molecule has 1 heterocycles. The maximum Gasteiger partial charge on any atom is 0.253 e. The van der Waals surface area contributed by atoms with E-state index >= 15 is 0 Å². The van der Waals surface area contributed by atoms with Gasteiger partial charge in [0.05, 0.1) is 0 Å². The summed E-state index contributed by atoms with van der Waals surface area (Å²) in [6.07, 6.45) is 0.274. The van der Waals surface area contributed by atoms with Crippen LogP contribution in [0.25, 0.3) is 0 Å². The molecular formula is C12H16ClN3O2. The van der Waals surface area contributed by atoms with Gasteiger partial charge < -0.3 is 10.2 Å². The van der Waals surface area contributed by atoms with Crippen molar-refractivity contribution in [1.82, 2.24) is 15.2 Å². The van der Waals surface area contributed by atoms with Crippen molar-refractivity contribution < 1.29 is 9.59 Å². The lowest BCUT2D eigenvalue weighted by molar-refractivity contribution is -0.120. The Balaban J connectivity index is 2.71. The molecule has 0 aromatic carbocycles. The van der Waals surface area contributed by atoms with Gasteiger partial charge in [0.1, 0.15) is 5.15 Å². The number of hydrogen-bond donors (Lipinski definition) is 1. The third kappa shape index (κ3) is 4.00. The van der Waals surface area contributed by atoms with Crippen LogP contribution in [-0.2, 0) is 4.79 Å². The molecule has 98 valence electrons. The average Bonchev–Trinajstić information content (AvgIpc) is 2.33. The van der Waals surface area contributed by atoms with Crippen molar-refractivity contribution in [3.8, 4) is 0 Å². The molecule has 2 amide bonds. The van der Waals surface area contributed by atoms with Gasteiger partial charge in [0.2, 0.25) is 5.91 Å². The van der Waals surface area contributed by atoms with Gasteiger partial charge in [0, 0.05) is 38.3 Å². The molecule has 1 aromatic heterocycles. The molecule has 0 aliphatic rings. The summed E-state index contributed by atoms with van der Waals surface area (Å²) in [7, 11) is 3.21. The zero-order chi connectivity index (χ0) is 13.7. The van der Waals surface area contributed by atoms with Crippen molar-refractivity contribution in [1.29, 1.82) is 0 Å². The van der Waals surface area contributed by atoms with E-state index in [1.807, 2.05) is 0 Å². The van der Waals surface area contributed by atoms with Gasteiger partial charge in [-0.15, -0.1) is 0 Å². The summed E-state index contributed by atoms with van der Waals surface area (Å²) in [5.41, 5.74) is 1.16. The Morgan fingerprint density at radius 2 is 2.11 bits per heavy atom. The molecule has 0 bridgehead atoms. The first-order valence-corrected chi connectivity index (χ1v) is 5.92. The molecular weight excluding hydrogens is 254 g/mol. The van der Waals surface area contributed by atoms with Crippen molar-refractivity contribution >= 4 is 23.4 Å². The lowest BCUT2D eigenvalue weighted by Crippen LogP contribution is -2.31. The molecule has 0 unspecified atom stereocenters. The SMILES string of the molecule is CNC(=O)CCN(C)C(=O)c1cc(C)nc(Cl)c1. The van der Waals surface area contributed by atoms with Crippen LogP contribution in [0.1, 0.15) is 22.5 Å². The van der Waals surface area contributed by atoms with Crippen molar-refractivity contribution in [3.05, 3.63) is 28.5 Å². The van der Waals surface area contributed by atoms with Crippen molar-refractivity contribution in [2.45, 2.75) is 13.3 Å². The quantitative estimate of drug-likeness (QED) is 0.837. The summed E-state index contributed by atoms with van der Waals surface area (Å²) in [5.74, 6) is -0.273. The first-order chi connectivity index (χ1) is 8.43.